The summed E-state index contributed by atoms with van der Waals surface area (Å²) < 4.78 is 0. The molecule has 0 spiro atoms. The maximum Gasteiger partial charge on any atom is 0.133 e. The zero-order chi connectivity index (χ0) is 12.3. The standard InChI is InChI=1S/C11H11ClN4S/c1-7-10(13-2)15-6-16-11(7)17-9-4-3-8(12)5-14-9/h3-6H,1-2H3,(H,13,15,16). The average molecular weight is 267 g/mol. The van der Waals surface area contributed by atoms with E-state index < -0.39 is 0 Å². The third-order valence-corrected chi connectivity index (χ3v) is 3.46. The third kappa shape index (κ3) is 2.87. The summed E-state index contributed by atoms with van der Waals surface area (Å²) in [6.45, 7) is 1.98. The van der Waals surface area contributed by atoms with Crippen molar-refractivity contribution in [2.24, 2.45) is 0 Å². The minimum Gasteiger partial charge on any atom is -0.373 e. The number of anilines is 1. The van der Waals surface area contributed by atoms with Crippen LogP contribution in [0.25, 0.3) is 0 Å². The Hall–Kier alpha value is -1.33. The van der Waals surface area contributed by atoms with Gasteiger partial charge in [-0.1, -0.05) is 11.6 Å². The summed E-state index contributed by atoms with van der Waals surface area (Å²) in [6, 6.07) is 3.68. The van der Waals surface area contributed by atoms with Crippen molar-refractivity contribution >= 4 is 29.2 Å². The molecule has 0 amide bonds. The molecular weight excluding hydrogens is 256 g/mol. The Kier molecular flexibility index (Phi) is 3.81. The van der Waals surface area contributed by atoms with Crippen LogP contribution in [0.3, 0.4) is 0 Å². The van der Waals surface area contributed by atoms with Gasteiger partial charge in [-0.3, -0.25) is 0 Å². The second-order valence-electron chi connectivity index (χ2n) is 3.32. The van der Waals surface area contributed by atoms with Gasteiger partial charge in [-0.05, 0) is 30.8 Å². The van der Waals surface area contributed by atoms with Crippen molar-refractivity contribution in [2.75, 3.05) is 12.4 Å². The molecule has 0 bridgehead atoms. The first kappa shape index (κ1) is 12.1. The molecule has 0 aliphatic carbocycles. The number of halogens is 1. The van der Waals surface area contributed by atoms with Crippen molar-refractivity contribution in [1.82, 2.24) is 15.0 Å². The topological polar surface area (TPSA) is 50.7 Å². The van der Waals surface area contributed by atoms with Gasteiger partial charge in [-0.15, -0.1) is 0 Å². The molecule has 0 atom stereocenters. The van der Waals surface area contributed by atoms with Crippen LogP contribution in [-0.2, 0) is 0 Å². The van der Waals surface area contributed by atoms with E-state index in [0.29, 0.717) is 5.02 Å². The van der Waals surface area contributed by atoms with E-state index in [1.807, 2.05) is 26.1 Å². The fraction of sp³-hybridized carbons (Fsp3) is 0.182. The lowest BCUT2D eigenvalue weighted by Crippen LogP contribution is -1.98. The number of nitrogens with zero attached hydrogens (tertiary/aromatic N) is 3. The molecule has 4 nitrogen and oxygen atoms in total. The van der Waals surface area contributed by atoms with E-state index in [2.05, 4.69) is 20.3 Å². The van der Waals surface area contributed by atoms with Crippen LogP contribution in [0.5, 0.6) is 0 Å². The SMILES string of the molecule is CNc1ncnc(Sc2ccc(Cl)cn2)c1C. The summed E-state index contributed by atoms with van der Waals surface area (Å²) in [5.41, 5.74) is 1.01. The Bertz CT molecular complexity index is 515. The summed E-state index contributed by atoms with van der Waals surface area (Å²) in [5.74, 6) is 0.830. The lowest BCUT2D eigenvalue weighted by atomic mass is 10.3. The zero-order valence-electron chi connectivity index (χ0n) is 9.44. The predicted molar refractivity (Wildman–Crippen MR) is 69.7 cm³/mol. The summed E-state index contributed by atoms with van der Waals surface area (Å²) in [4.78, 5) is 12.6. The van der Waals surface area contributed by atoms with Crippen LogP contribution >= 0.6 is 23.4 Å². The van der Waals surface area contributed by atoms with E-state index in [1.165, 1.54) is 18.1 Å². The fourth-order valence-corrected chi connectivity index (χ4v) is 2.21. The molecule has 1 N–H and O–H groups in total. The molecule has 2 aromatic heterocycles. The molecule has 88 valence electrons. The van der Waals surface area contributed by atoms with E-state index in [1.54, 1.807) is 6.20 Å². The van der Waals surface area contributed by atoms with Crippen LogP contribution in [0.2, 0.25) is 5.02 Å². The zero-order valence-corrected chi connectivity index (χ0v) is 11.0. The maximum absolute atomic E-state index is 5.79. The maximum atomic E-state index is 5.79. The van der Waals surface area contributed by atoms with Crippen LogP contribution in [0, 0.1) is 6.92 Å². The number of rotatable bonds is 3. The quantitative estimate of drug-likeness (QED) is 0.866. The van der Waals surface area contributed by atoms with E-state index in [4.69, 9.17) is 11.6 Å². The summed E-state index contributed by atoms with van der Waals surface area (Å²) in [6.07, 6.45) is 3.16. The van der Waals surface area contributed by atoms with Gasteiger partial charge in [0.25, 0.3) is 0 Å². The highest BCUT2D eigenvalue weighted by molar-refractivity contribution is 7.99. The van der Waals surface area contributed by atoms with E-state index in [0.717, 1.165) is 21.4 Å². The Morgan fingerprint density at radius 1 is 1.24 bits per heavy atom. The van der Waals surface area contributed by atoms with Crippen molar-refractivity contribution in [3.05, 3.63) is 35.2 Å². The number of pyridine rings is 1. The summed E-state index contributed by atoms with van der Waals surface area (Å²) in [7, 11) is 1.84. The van der Waals surface area contributed by atoms with E-state index in [9.17, 15) is 0 Å². The molecule has 0 fully saturated rings. The molecule has 0 aliphatic heterocycles. The van der Waals surface area contributed by atoms with Crippen molar-refractivity contribution in [3.63, 3.8) is 0 Å². The molecule has 0 radical (unpaired) electrons. The molecule has 0 aliphatic rings. The average Bonchev–Trinajstić information content (AvgIpc) is 2.35. The highest BCUT2D eigenvalue weighted by Crippen LogP contribution is 2.29. The van der Waals surface area contributed by atoms with Crippen LogP contribution in [0.4, 0.5) is 5.82 Å². The normalized spacial score (nSPS) is 10.3. The van der Waals surface area contributed by atoms with Crippen LogP contribution < -0.4 is 5.32 Å². The monoisotopic (exact) mass is 266 g/mol. The predicted octanol–water partition coefficient (Wildman–Crippen LogP) is 3.03. The lowest BCUT2D eigenvalue weighted by Gasteiger charge is -2.07. The number of aromatic nitrogens is 3. The van der Waals surface area contributed by atoms with Gasteiger partial charge in [0, 0.05) is 18.8 Å². The van der Waals surface area contributed by atoms with Gasteiger partial charge in [-0.25, -0.2) is 15.0 Å². The first-order valence-electron chi connectivity index (χ1n) is 4.99. The Balaban J connectivity index is 2.27. The van der Waals surface area contributed by atoms with Gasteiger partial charge in [0.15, 0.2) is 0 Å². The van der Waals surface area contributed by atoms with Gasteiger partial charge in [0.2, 0.25) is 0 Å². The molecule has 2 heterocycles. The van der Waals surface area contributed by atoms with Gasteiger partial charge in [0.05, 0.1) is 5.02 Å². The van der Waals surface area contributed by atoms with E-state index in [-0.39, 0.29) is 0 Å². The van der Waals surface area contributed by atoms with Crippen molar-refractivity contribution < 1.29 is 0 Å². The summed E-state index contributed by atoms with van der Waals surface area (Å²) in [5, 5.41) is 5.40. The van der Waals surface area contributed by atoms with Crippen LogP contribution in [0.15, 0.2) is 34.7 Å². The largest absolute Gasteiger partial charge is 0.373 e. The van der Waals surface area contributed by atoms with Gasteiger partial charge >= 0.3 is 0 Å². The van der Waals surface area contributed by atoms with Crippen molar-refractivity contribution in [2.45, 2.75) is 17.0 Å². The first-order chi connectivity index (χ1) is 8.20. The highest BCUT2D eigenvalue weighted by atomic mass is 35.5. The molecule has 0 aromatic carbocycles. The number of hydrogen-bond acceptors (Lipinski definition) is 5. The second-order valence-corrected chi connectivity index (χ2v) is 4.76. The molecule has 0 saturated heterocycles. The Morgan fingerprint density at radius 3 is 2.71 bits per heavy atom. The smallest absolute Gasteiger partial charge is 0.133 e. The first-order valence-corrected chi connectivity index (χ1v) is 6.19. The Morgan fingerprint density at radius 2 is 2.06 bits per heavy atom. The Labute approximate surface area is 109 Å². The van der Waals surface area contributed by atoms with Crippen molar-refractivity contribution in [3.8, 4) is 0 Å². The highest BCUT2D eigenvalue weighted by Gasteiger charge is 2.07. The van der Waals surface area contributed by atoms with Crippen molar-refractivity contribution in [1.29, 1.82) is 0 Å². The van der Waals surface area contributed by atoms with Crippen LogP contribution in [-0.4, -0.2) is 22.0 Å². The van der Waals surface area contributed by atoms with Gasteiger partial charge in [0.1, 0.15) is 22.2 Å². The van der Waals surface area contributed by atoms with Crippen LogP contribution in [0.1, 0.15) is 5.56 Å². The second kappa shape index (κ2) is 5.33. The fourth-order valence-electron chi connectivity index (χ4n) is 1.31. The minimum absolute atomic E-state index is 0.629. The molecule has 0 saturated carbocycles. The minimum atomic E-state index is 0.629. The molecule has 2 aromatic rings. The molecule has 0 unspecified atom stereocenters. The summed E-state index contributed by atoms with van der Waals surface area (Å²) >= 11 is 7.28. The molecular formula is C11H11ClN4S. The third-order valence-electron chi connectivity index (χ3n) is 2.18. The molecule has 17 heavy (non-hydrogen) atoms. The number of hydrogen-bond donors (Lipinski definition) is 1. The molecule has 2 rings (SSSR count). The van der Waals surface area contributed by atoms with Gasteiger partial charge in [-0.2, -0.15) is 0 Å². The lowest BCUT2D eigenvalue weighted by molar-refractivity contribution is 0.997. The molecule has 6 heteroatoms. The number of nitrogens with one attached hydrogen (secondary N) is 1. The van der Waals surface area contributed by atoms with Gasteiger partial charge < -0.3 is 5.32 Å². The van der Waals surface area contributed by atoms with E-state index >= 15 is 0 Å².